The Bertz CT molecular complexity index is 1410. The topological polar surface area (TPSA) is 90.9 Å². The highest BCUT2D eigenvalue weighted by molar-refractivity contribution is 9.10. The van der Waals surface area contributed by atoms with E-state index < -0.39 is 4.83 Å². The third kappa shape index (κ3) is 6.86. The molecule has 0 aliphatic heterocycles. The van der Waals surface area contributed by atoms with Crippen LogP contribution in [0.4, 0.5) is 5.82 Å². The number of thiazole rings is 1. The average molecular weight is 625 g/mol. The number of carbonyl (C=O) groups excluding carboxylic acids is 2. The lowest BCUT2D eigenvalue weighted by molar-refractivity contribution is -0.117. The molecule has 0 N–H and O–H groups in total. The molecule has 0 spiro atoms. The van der Waals surface area contributed by atoms with Gasteiger partial charge in [-0.05, 0) is 41.5 Å². The molecule has 1 unspecified atom stereocenters. The second kappa shape index (κ2) is 13.5. The minimum absolute atomic E-state index is 0.187. The van der Waals surface area contributed by atoms with Gasteiger partial charge in [-0.25, -0.2) is 9.97 Å². The molecule has 2 aromatic carbocycles. The van der Waals surface area contributed by atoms with E-state index in [9.17, 15) is 9.59 Å². The molecule has 2 heterocycles. The van der Waals surface area contributed by atoms with Gasteiger partial charge in [0.05, 0.1) is 21.3 Å². The first-order valence-electron chi connectivity index (χ1n) is 12.6. The standard InChI is InChI=1S/C30H30BrN3O5S/c1-5-24(35)26(31)27(36)28-29(33-30(40-28)21-14-15-32-25(16-21)39-4)34(17-19-6-10-22(37-2)11-7-19)18-20-8-12-23(38-3)13-9-20/h6-16,26H,5,17-18H2,1-4H3. The minimum Gasteiger partial charge on any atom is -0.497 e. The van der Waals surface area contributed by atoms with E-state index in [0.29, 0.717) is 34.7 Å². The van der Waals surface area contributed by atoms with Crippen LogP contribution in [0.25, 0.3) is 10.6 Å². The molecule has 0 saturated heterocycles. The molecule has 10 heteroatoms. The van der Waals surface area contributed by atoms with E-state index in [1.807, 2.05) is 59.5 Å². The number of alkyl halides is 1. The highest BCUT2D eigenvalue weighted by Gasteiger charge is 2.31. The predicted octanol–water partition coefficient (Wildman–Crippen LogP) is 6.36. The second-order valence-corrected chi connectivity index (χ2v) is 10.8. The van der Waals surface area contributed by atoms with Crippen molar-refractivity contribution in [3.05, 3.63) is 82.9 Å². The van der Waals surface area contributed by atoms with Crippen molar-refractivity contribution in [2.24, 2.45) is 0 Å². The van der Waals surface area contributed by atoms with Crippen molar-refractivity contribution in [1.82, 2.24) is 9.97 Å². The molecule has 208 valence electrons. The number of pyridine rings is 1. The number of methoxy groups -OCH3 is 3. The summed E-state index contributed by atoms with van der Waals surface area (Å²) in [4.78, 5) is 36.9. The molecule has 4 aromatic rings. The Labute approximate surface area is 246 Å². The zero-order chi connectivity index (χ0) is 28.6. The van der Waals surface area contributed by atoms with Gasteiger partial charge in [0.25, 0.3) is 0 Å². The average Bonchev–Trinajstić information content (AvgIpc) is 3.46. The number of hydrogen-bond donors (Lipinski definition) is 0. The minimum atomic E-state index is -0.958. The van der Waals surface area contributed by atoms with Gasteiger partial charge in [-0.15, -0.1) is 11.3 Å². The zero-order valence-electron chi connectivity index (χ0n) is 22.7. The molecule has 0 aliphatic rings. The number of hydrogen-bond acceptors (Lipinski definition) is 9. The summed E-state index contributed by atoms with van der Waals surface area (Å²) in [5.41, 5.74) is 2.78. The lowest BCUT2D eigenvalue weighted by atomic mass is 10.1. The Hall–Kier alpha value is -3.76. The van der Waals surface area contributed by atoms with Crippen LogP contribution in [0.5, 0.6) is 17.4 Å². The van der Waals surface area contributed by atoms with Gasteiger partial charge in [0, 0.05) is 37.3 Å². The van der Waals surface area contributed by atoms with Crippen molar-refractivity contribution in [2.45, 2.75) is 31.3 Å². The fourth-order valence-electron chi connectivity index (χ4n) is 4.01. The van der Waals surface area contributed by atoms with E-state index in [1.165, 1.54) is 11.3 Å². The molecule has 8 nitrogen and oxygen atoms in total. The van der Waals surface area contributed by atoms with Crippen molar-refractivity contribution >= 4 is 44.7 Å². The summed E-state index contributed by atoms with van der Waals surface area (Å²) in [6.45, 7) is 2.67. The summed E-state index contributed by atoms with van der Waals surface area (Å²) in [6, 6.07) is 19.1. The largest absolute Gasteiger partial charge is 0.497 e. The molecule has 1 atom stereocenters. The van der Waals surface area contributed by atoms with Gasteiger partial charge in [0.1, 0.15) is 26.2 Å². The Morgan fingerprint density at radius 1 is 0.900 bits per heavy atom. The van der Waals surface area contributed by atoms with Gasteiger partial charge in [-0.3, -0.25) is 9.59 Å². The number of ketones is 2. The predicted molar refractivity (Wildman–Crippen MR) is 160 cm³/mol. The van der Waals surface area contributed by atoms with Crippen LogP contribution in [-0.4, -0.2) is 47.7 Å². The summed E-state index contributed by atoms with van der Waals surface area (Å²) in [6.07, 6.45) is 1.88. The lowest BCUT2D eigenvalue weighted by Crippen LogP contribution is -2.28. The number of anilines is 1. The van der Waals surface area contributed by atoms with Crippen molar-refractivity contribution in [2.75, 3.05) is 26.2 Å². The molecule has 0 aliphatic carbocycles. The summed E-state index contributed by atoms with van der Waals surface area (Å²) in [7, 11) is 4.80. The molecule has 0 bridgehead atoms. The van der Waals surface area contributed by atoms with Crippen LogP contribution in [-0.2, 0) is 17.9 Å². The van der Waals surface area contributed by atoms with Gasteiger partial charge in [0.2, 0.25) is 5.88 Å². The molecule has 0 amide bonds. The van der Waals surface area contributed by atoms with Crippen molar-refractivity contribution in [3.8, 4) is 28.0 Å². The van der Waals surface area contributed by atoms with Crippen molar-refractivity contribution in [3.63, 3.8) is 0 Å². The first-order valence-corrected chi connectivity index (χ1v) is 14.3. The molecule has 0 saturated carbocycles. The third-order valence-electron chi connectivity index (χ3n) is 6.25. The summed E-state index contributed by atoms with van der Waals surface area (Å²) >= 11 is 4.60. The Morgan fingerprint density at radius 3 is 1.98 bits per heavy atom. The van der Waals surface area contributed by atoms with E-state index in [2.05, 4.69) is 20.9 Å². The quantitative estimate of drug-likeness (QED) is 0.0965. The highest BCUT2D eigenvalue weighted by Crippen LogP contribution is 2.37. The fourth-order valence-corrected chi connectivity index (χ4v) is 5.77. The number of benzene rings is 2. The van der Waals surface area contributed by atoms with Crippen LogP contribution in [0, 0.1) is 0 Å². The molecule has 0 fully saturated rings. The van der Waals surface area contributed by atoms with E-state index in [-0.39, 0.29) is 18.0 Å². The van der Waals surface area contributed by atoms with Gasteiger partial charge >= 0.3 is 0 Å². The molecule has 4 rings (SSSR count). The van der Waals surface area contributed by atoms with Crippen LogP contribution < -0.4 is 19.1 Å². The van der Waals surface area contributed by atoms with Crippen LogP contribution in [0.2, 0.25) is 0 Å². The second-order valence-electron chi connectivity index (χ2n) is 8.86. The monoisotopic (exact) mass is 623 g/mol. The highest BCUT2D eigenvalue weighted by atomic mass is 79.9. The van der Waals surface area contributed by atoms with E-state index in [4.69, 9.17) is 19.2 Å². The smallest absolute Gasteiger partial charge is 0.213 e. The number of halogens is 1. The third-order valence-corrected chi connectivity index (χ3v) is 8.28. The normalized spacial score (nSPS) is 11.5. The maximum absolute atomic E-state index is 13.7. The molecular formula is C30H30BrN3O5S. The summed E-state index contributed by atoms with van der Waals surface area (Å²) in [5.74, 6) is 1.94. The van der Waals surface area contributed by atoms with Crippen LogP contribution in [0.1, 0.15) is 34.1 Å². The first kappa shape index (κ1) is 29.2. The molecule has 0 radical (unpaired) electrons. The fraction of sp³-hybridized carbons (Fsp3) is 0.267. The van der Waals surface area contributed by atoms with Crippen LogP contribution in [0.15, 0.2) is 66.9 Å². The number of aromatic nitrogens is 2. The molecule has 40 heavy (non-hydrogen) atoms. The van der Waals surface area contributed by atoms with Crippen LogP contribution >= 0.6 is 27.3 Å². The zero-order valence-corrected chi connectivity index (χ0v) is 25.1. The molecular weight excluding hydrogens is 594 g/mol. The Kier molecular flexibility index (Phi) is 9.89. The first-order chi connectivity index (χ1) is 19.4. The SMILES string of the molecule is CCC(=O)C(Br)C(=O)c1sc(-c2ccnc(OC)c2)nc1N(Cc1ccc(OC)cc1)Cc1ccc(OC)cc1. The lowest BCUT2D eigenvalue weighted by Gasteiger charge is -2.24. The van der Waals surface area contributed by atoms with E-state index in [0.717, 1.165) is 28.2 Å². The van der Waals surface area contributed by atoms with Crippen molar-refractivity contribution < 1.29 is 23.8 Å². The number of nitrogens with zero attached hydrogens (tertiary/aromatic N) is 3. The number of carbonyl (C=O) groups is 2. The van der Waals surface area contributed by atoms with Gasteiger partial charge in [0.15, 0.2) is 17.4 Å². The molecule has 2 aromatic heterocycles. The van der Waals surface area contributed by atoms with E-state index >= 15 is 0 Å². The van der Waals surface area contributed by atoms with Gasteiger partial charge in [-0.1, -0.05) is 47.1 Å². The maximum Gasteiger partial charge on any atom is 0.213 e. The number of Topliss-reactive ketones (excluding diaryl/α,β-unsaturated/α-hetero) is 2. The van der Waals surface area contributed by atoms with Gasteiger partial charge in [-0.2, -0.15) is 0 Å². The Morgan fingerprint density at radius 2 is 1.48 bits per heavy atom. The number of ether oxygens (including phenoxy) is 3. The Balaban J connectivity index is 1.82. The van der Waals surface area contributed by atoms with Crippen molar-refractivity contribution in [1.29, 1.82) is 0 Å². The summed E-state index contributed by atoms with van der Waals surface area (Å²) in [5, 5.41) is 0.622. The maximum atomic E-state index is 13.7. The van der Waals surface area contributed by atoms with Crippen LogP contribution in [0.3, 0.4) is 0 Å². The van der Waals surface area contributed by atoms with Gasteiger partial charge < -0.3 is 19.1 Å². The van der Waals surface area contributed by atoms with E-state index in [1.54, 1.807) is 40.5 Å². The number of rotatable bonds is 13. The summed E-state index contributed by atoms with van der Waals surface area (Å²) < 4.78 is 16.0.